The Kier molecular flexibility index (Phi) is 4.29. The molecular formula is C13H17NO5S. The summed E-state index contributed by atoms with van der Waals surface area (Å²) in [5.41, 5.74) is -0.420. The molecule has 0 aromatic heterocycles. The average molecular weight is 299 g/mol. The van der Waals surface area contributed by atoms with Crippen LogP contribution in [0, 0.1) is 0 Å². The highest BCUT2D eigenvalue weighted by molar-refractivity contribution is 7.89. The van der Waals surface area contributed by atoms with E-state index in [2.05, 4.69) is 4.72 Å². The van der Waals surface area contributed by atoms with Crippen molar-refractivity contribution in [3.05, 3.63) is 23.8 Å². The fourth-order valence-electron chi connectivity index (χ4n) is 2.36. The molecule has 0 bridgehead atoms. The molecule has 0 amide bonds. The molecule has 0 spiro atoms. The van der Waals surface area contributed by atoms with Crippen LogP contribution in [0.3, 0.4) is 0 Å². The highest BCUT2D eigenvalue weighted by Gasteiger charge is 2.23. The molecular weight excluding hydrogens is 282 g/mol. The number of carboxylic acid groups (broad SMARTS) is 1. The molecule has 0 radical (unpaired) electrons. The summed E-state index contributed by atoms with van der Waals surface area (Å²) in [7, 11) is -3.76. The van der Waals surface area contributed by atoms with Crippen LogP contribution in [-0.2, 0) is 10.0 Å². The van der Waals surface area contributed by atoms with Crippen molar-refractivity contribution in [2.75, 3.05) is 0 Å². The Balaban J connectivity index is 2.24. The molecule has 1 saturated carbocycles. The van der Waals surface area contributed by atoms with Crippen LogP contribution >= 0.6 is 0 Å². The van der Waals surface area contributed by atoms with Crippen LogP contribution in [0.2, 0.25) is 0 Å². The van der Waals surface area contributed by atoms with Crippen molar-refractivity contribution in [2.45, 2.75) is 43.0 Å². The molecule has 0 unspecified atom stereocenters. The molecule has 1 aromatic carbocycles. The number of hydrogen-bond donors (Lipinski definition) is 3. The SMILES string of the molecule is O=C(O)c1cc(S(=O)(=O)NC2CCCCC2)ccc1O. The van der Waals surface area contributed by atoms with Gasteiger partial charge in [-0.1, -0.05) is 19.3 Å². The van der Waals surface area contributed by atoms with Gasteiger partial charge in [0.2, 0.25) is 10.0 Å². The quantitative estimate of drug-likeness (QED) is 0.785. The van der Waals surface area contributed by atoms with Gasteiger partial charge in [0.25, 0.3) is 0 Å². The van der Waals surface area contributed by atoms with Crippen LogP contribution < -0.4 is 4.72 Å². The number of nitrogens with one attached hydrogen (secondary N) is 1. The van der Waals surface area contributed by atoms with E-state index in [1.165, 1.54) is 6.07 Å². The number of aromatic hydroxyl groups is 1. The number of sulfonamides is 1. The lowest BCUT2D eigenvalue weighted by atomic mass is 9.96. The van der Waals surface area contributed by atoms with Gasteiger partial charge < -0.3 is 10.2 Å². The number of phenols is 1. The predicted octanol–water partition coefficient (Wildman–Crippen LogP) is 1.70. The standard InChI is InChI=1S/C13H17NO5S/c15-12-7-6-10(8-11(12)13(16)17)20(18,19)14-9-4-2-1-3-5-9/h6-9,14-15H,1-5H2,(H,16,17). The highest BCUT2D eigenvalue weighted by atomic mass is 32.2. The van der Waals surface area contributed by atoms with Gasteiger partial charge in [-0.2, -0.15) is 0 Å². The van der Waals surface area contributed by atoms with Crippen LogP contribution in [0.4, 0.5) is 0 Å². The van der Waals surface area contributed by atoms with Crippen molar-refractivity contribution >= 4 is 16.0 Å². The number of aromatic carboxylic acids is 1. The van der Waals surface area contributed by atoms with Gasteiger partial charge in [0.1, 0.15) is 11.3 Å². The number of rotatable bonds is 4. The zero-order valence-corrected chi connectivity index (χ0v) is 11.7. The van der Waals surface area contributed by atoms with E-state index in [-0.39, 0.29) is 10.9 Å². The van der Waals surface area contributed by atoms with Gasteiger partial charge in [0.15, 0.2) is 0 Å². The van der Waals surface area contributed by atoms with E-state index in [4.69, 9.17) is 5.11 Å². The number of carbonyl (C=O) groups is 1. The summed E-state index contributed by atoms with van der Waals surface area (Å²) in [6, 6.07) is 3.16. The minimum absolute atomic E-state index is 0.101. The maximum absolute atomic E-state index is 12.2. The third-order valence-corrected chi connectivity index (χ3v) is 4.95. The van der Waals surface area contributed by atoms with Crippen molar-refractivity contribution in [3.63, 3.8) is 0 Å². The molecule has 1 aliphatic carbocycles. The van der Waals surface area contributed by atoms with Crippen LogP contribution in [0.25, 0.3) is 0 Å². The number of carboxylic acids is 1. The first-order valence-electron chi connectivity index (χ1n) is 6.49. The summed E-state index contributed by atoms with van der Waals surface area (Å²) in [6.45, 7) is 0. The second kappa shape index (κ2) is 5.80. The molecule has 7 heteroatoms. The van der Waals surface area contributed by atoms with Crippen molar-refractivity contribution in [1.82, 2.24) is 4.72 Å². The molecule has 110 valence electrons. The van der Waals surface area contributed by atoms with Crippen molar-refractivity contribution in [1.29, 1.82) is 0 Å². The first-order chi connectivity index (χ1) is 9.40. The first-order valence-corrected chi connectivity index (χ1v) is 7.97. The number of benzene rings is 1. The van der Waals surface area contributed by atoms with Crippen LogP contribution in [0.5, 0.6) is 5.75 Å². The lowest BCUT2D eigenvalue weighted by Crippen LogP contribution is -2.36. The largest absolute Gasteiger partial charge is 0.507 e. The van der Waals surface area contributed by atoms with Gasteiger partial charge in [-0.3, -0.25) is 0 Å². The molecule has 3 N–H and O–H groups in total. The lowest BCUT2D eigenvalue weighted by Gasteiger charge is -2.22. The summed E-state index contributed by atoms with van der Waals surface area (Å²) in [5.74, 6) is -1.81. The third kappa shape index (κ3) is 3.29. The van der Waals surface area contributed by atoms with E-state index in [0.29, 0.717) is 0 Å². The van der Waals surface area contributed by atoms with Gasteiger partial charge in [-0.25, -0.2) is 17.9 Å². The molecule has 0 heterocycles. The molecule has 1 aliphatic rings. The van der Waals surface area contributed by atoms with Gasteiger partial charge in [0.05, 0.1) is 4.90 Å². The second-order valence-corrected chi connectivity index (χ2v) is 6.65. The van der Waals surface area contributed by atoms with E-state index in [0.717, 1.165) is 44.2 Å². The first kappa shape index (κ1) is 14.8. The Morgan fingerprint density at radius 2 is 1.85 bits per heavy atom. The fourth-order valence-corrected chi connectivity index (χ4v) is 3.69. The Morgan fingerprint density at radius 1 is 1.20 bits per heavy atom. The minimum atomic E-state index is -3.76. The Morgan fingerprint density at radius 3 is 2.45 bits per heavy atom. The van der Waals surface area contributed by atoms with E-state index in [1.807, 2.05) is 0 Å². The van der Waals surface area contributed by atoms with E-state index in [1.54, 1.807) is 0 Å². The molecule has 1 aromatic rings. The maximum Gasteiger partial charge on any atom is 0.339 e. The Hall–Kier alpha value is -1.60. The Bertz CT molecular complexity index is 605. The summed E-state index contributed by atoms with van der Waals surface area (Å²) >= 11 is 0. The van der Waals surface area contributed by atoms with Gasteiger partial charge in [-0.05, 0) is 31.0 Å². The van der Waals surface area contributed by atoms with Crippen molar-refractivity contribution in [3.8, 4) is 5.75 Å². The summed E-state index contributed by atoms with van der Waals surface area (Å²) in [6.07, 6.45) is 4.68. The van der Waals surface area contributed by atoms with Gasteiger partial charge in [-0.15, -0.1) is 0 Å². The summed E-state index contributed by atoms with van der Waals surface area (Å²) < 4.78 is 27.0. The molecule has 0 saturated heterocycles. The zero-order valence-electron chi connectivity index (χ0n) is 10.9. The third-order valence-electron chi connectivity index (χ3n) is 3.44. The maximum atomic E-state index is 12.2. The second-order valence-electron chi connectivity index (χ2n) is 4.94. The molecule has 6 nitrogen and oxygen atoms in total. The van der Waals surface area contributed by atoms with Crippen molar-refractivity contribution < 1.29 is 23.4 Å². The topological polar surface area (TPSA) is 104 Å². The highest BCUT2D eigenvalue weighted by Crippen LogP contribution is 2.23. The molecule has 0 aliphatic heterocycles. The minimum Gasteiger partial charge on any atom is -0.507 e. The van der Waals surface area contributed by atoms with Gasteiger partial charge >= 0.3 is 5.97 Å². The van der Waals surface area contributed by atoms with E-state index >= 15 is 0 Å². The van der Waals surface area contributed by atoms with Crippen LogP contribution in [0.15, 0.2) is 23.1 Å². The zero-order chi connectivity index (χ0) is 14.8. The van der Waals surface area contributed by atoms with Crippen molar-refractivity contribution in [2.24, 2.45) is 0 Å². The van der Waals surface area contributed by atoms with E-state index in [9.17, 15) is 18.3 Å². The van der Waals surface area contributed by atoms with E-state index < -0.39 is 27.3 Å². The fraction of sp³-hybridized carbons (Fsp3) is 0.462. The lowest BCUT2D eigenvalue weighted by molar-refractivity contribution is 0.0693. The summed E-state index contributed by atoms with van der Waals surface area (Å²) in [4.78, 5) is 10.8. The molecule has 1 fully saturated rings. The average Bonchev–Trinajstić information content (AvgIpc) is 2.39. The van der Waals surface area contributed by atoms with Crippen LogP contribution in [0.1, 0.15) is 42.5 Å². The molecule has 2 rings (SSSR count). The molecule has 0 atom stereocenters. The molecule has 20 heavy (non-hydrogen) atoms. The van der Waals surface area contributed by atoms with Gasteiger partial charge in [0, 0.05) is 6.04 Å². The Labute approximate surface area is 117 Å². The predicted molar refractivity (Wildman–Crippen MR) is 72.3 cm³/mol. The smallest absolute Gasteiger partial charge is 0.339 e. The van der Waals surface area contributed by atoms with Crippen LogP contribution in [-0.4, -0.2) is 30.6 Å². The number of hydrogen-bond acceptors (Lipinski definition) is 4. The monoisotopic (exact) mass is 299 g/mol. The summed E-state index contributed by atoms with van der Waals surface area (Å²) in [5, 5.41) is 18.3. The normalized spacial score (nSPS) is 17.0.